The molecule has 0 saturated carbocycles. The van der Waals surface area contributed by atoms with Crippen molar-refractivity contribution in [2.24, 2.45) is 0 Å². The first-order valence-corrected chi connectivity index (χ1v) is 5.78. The number of nitrogens with zero attached hydrogens (tertiary/aromatic N) is 1. The monoisotopic (exact) mass is 282 g/mol. The SMILES string of the molecule is Nc1ccc(NC(=O)CN2C(=O)CNC2=O)c(Cl)c1. The number of benzene rings is 1. The Balaban J connectivity index is 2.01. The second-order valence-corrected chi connectivity index (χ2v) is 4.33. The van der Waals surface area contributed by atoms with Crippen LogP contribution in [0.2, 0.25) is 5.02 Å². The van der Waals surface area contributed by atoms with Crippen molar-refractivity contribution in [3.63, 3.8) is 0 Å². The second-order valence-electron chi connectivity index (χ2n) is 3.93. The van der Waals surface area contributed by atoms with Gasteiger partial charge in [-0.3, -0.25) is 14.5 Å². The van der Waals surface area contributed by atoms with Crippen LogP contribution in [-0.4, -0.2) is 35.8 Å². The second kappa shape index (κ2) is 5.15. The molecule has 0 unspecified atom stereocenters. The molecule has 2 rings (SSSR count). The quantitative estimate of drug-likeness (QED) is 0.552. The highest BCUT2D eigenvalue weighted by molar-refractivity contribution is 6.34. The van der Waals surface area contributed by atoms with Crippen LogP contribution in [0.5, 0.6) is 0 Å². The van der Waals surface area contributed by atoms with Crippen molar-refractivity contribution < 1.29 is 14.4 Å². The van der Waals surface area contributed by atoms with Gasteiger partial charge in [-0.15, -0.1) is 0 Å². The van der Waals surface area contributed by atoms with Gasteiger partial charge in [0.1, 0.15) is 6.54 Å². The van der Waals surface area contributed by atoms with E-state index in [9.17, 15) is 14.4 Å². The lowest BCUT2D eigenvalue weighted by Gasteiger charge is -2.13. The Hall–Kier alpha value is -2.28. The van der Waals surface area contributed by atoms with Crippen molar-refractivity contribution in [3.8, 4) is 0 Å². The van der Waals surface area contributed by atoms with Gasteiger partial charge in [0.05, 0.1) is 17.3 Å². The first kappa shape index (κ1) is 13.2. The first-order chi connectivity index (χ1) is 8.97. The zero-order valence-corrected chi connectivity index (χ0v) is 10.5. The molecule has 1 aromatic rings. The Bertz CT molecular complexity index is 545. The lowest BCUT2D eigenvalue weighted by atomic mass is 10.3. The van der Waals surface area contributed by atoms with E-state index in [1.807, 2.05) is 0 Å². The molecular weight excluding hydrogens is 272 g/mol. The smallest absolute Gasteiger partial charge is 0.325 e. The van der Waals surface area contributed by atoms with E-state index in [0.717, 1.165) is 4.90 Å². The molecule has 0 radical (unpaired) electrons. The Morgan fingerprint density at radius 1 is 1.47 bits per heavy atom. The molecule has 4 amide bonds. The molecule has 7 nitrogen and oxygen atoms in total. The summed E-state index contributed by atoms with van der Waals surface area (Å²) >= 11 is 5.89. The Kier molecular flexibility index (Phi) is 3.57. The maximum Gasteiger partial charge on any atom is 0.325 e. The molecule has 1 aliphatic heterocycles. The summed E-state index contributed by atoms with van der Waals surface area (Å²) in [5, 5.41) is 5.11. The molecule has 8 heteroatoms. The van der Waals surface area contributed by atoms with Crippen LogP contribution >= 0.6 is 11.6 Å². The van der Waals surface area contributed by atoms with Crippen molar-refractivity contribution in [1.29, 1.82) is 0 Å². The number of nitrogens with two attached hydrogens (primary N) is 1. The fourth-order valence-electron chi connectivity index (χ4n) is 1.58. The van der Waals surface area contributed by atoms with E-state index in [4.69, 9.17) is 17.3 Å². The largest absolute Gasteiger partial charge is 0.399 e. The van der Waals surface area contributed by atoms with E-state index < -0.39 is 17.8 Å². The van der Waals surface area contributed by atoms with Gasteiger partial charge in [0.2, 0.25) is 5.91 Å². The summed E-state index contributed by atoms with van der Waals surface area (Å²) in [6.07, 6.45) is 0. The summed E-state index contributed by atoms with van der Waals surface area (Å²) in [4.78, 5) is 35.1. The summed E-state index contributed by atoms with van der Waals surface area (Å²) in [5.41, 5.74) is 6.36. The number of carbonyl (C=O) groups excluding carboxylic acids is 3. The van der Waals surface area contributed by atoms with E-state index in [1.54, 1.807) is 12.1 Å². The van der Waals surface area contributed by atoms with Crippen LogP contribution in [0.1, 0.15) is 0 Å². The number of anilines is 2. The van der Waals surface area contributed by atoms with Crippen molar-refractivity contribution >= 4 is 40.8 Å². The number of rotatable bonds is 3. The van der Waals surface area contributed by atoms with Gasteiger partial charge in [-0.2, -0.15) is 0 Å². The van der Waals surface area contributed by atoms with Crippen LogP contribution in [0.15, 0.2) is 18.2 Å². The molecule has 0 atom stereocenters. The minimum absolute atomic E-state index is 0.0886. The number of carbonyl (C=O) groups is 3. The van der Waals surface area contributed by atoms with Crippen molar-refractivity contribution in [2.45, 2.75) is 0 Å². The third-order valence-corrected chi connectivity index (χ3v) is 2.82. The highest BCUT2D eigenvalue weighted by atomic mass is 35.5. The van der Waals surface area contributed by atoms with Crippen LogP contribution in [0, 0.1) is 0 Å². The number of hydrogen-bond acceptors (Lipinski definition) is 4. The molecule has 1 fully saturated rings. The third kappa shape index (κ3) is 2.94. The zero-order chi connectivity index (χ0) is 14.0. The Morgan fingerprint density at radius 3 is 2.79 bits per heavy atom. The molecule has 0 aliphatic carbocycles. The zero-order valence-electron chi connectivity index (χ0n) is 9.77. The number of hydrogen-bond donors (Lipinski definition) is 3. The van der Waals surface area contributed by atoms with E-state index in [-0.39, 0.29) is 18.1 Å². The van der Waals surface area contributed by atoms with E-state index in [1.165, 1.54) is 6.07 Å². The summed E-state index contributed by atoms with van der Waals surface area (Å²) in [6, 6.07) is 4.03. The standard InChI is InChI=1S/C11H11ClN4O3/c12-7-3-6(13)1-2-8(7)15-9(17)5-16-10(18)4-14-11(16)19/h1-3H,4-5,13H2,(H,14,19)(H,15,17). The number of urea groups is 1. The first-order valence-electron chi connectivity index (χ1n) is 5.40. The number of nitrogen functional groups attached to an aromatic ring is 1. The molecule has 1 heterocycles. The molecule has 4 N–H and O–H groups in total. The molecule has 0 aromatic heterocycles. The fraction of sp³-hybridized carbons (Fsp3) is 0.182. The van der Waals surface area contributed by atoms with Crippen molar-refractivity contribution in [3.05, 3.63) is 23.2 Å². The molecule has 100 valence electrons. The van der Waals surface area contributed by atoms with Gasteiger partial charge in [-0.05, 0) is 18.2 Å². The fourth-order valence-corrected chi connectivity index (χ4v) is 1.82. The predicted octanol–water partition coefficient (Wildman–Crippen LogP) is 0.412. The lowest BCUT2D eigenvalue weighted by Crippen LogP contribution is -2.38. The summed E-state index contributed by atoms with van der Waals surface area (Å²) in [7, 11) is 0. The predicted molar refractivity (Wildman–Crippen MR) is 69.6 cm³/mol. The van der Waals surface area contributed by atoms with E-state index in [2.05, 4.69) is 10.6 Å². The summed E-state index contributed by atoms with van der Waals surface area (Å²) < 4.78 is 0. The number of amides is 4. The van der Waals surface area contributed by atoms with Crippen molar-refractivity contribution in [2.75, 3.05) is 24.1 Å². The van der Waals surface area contributed by atoms with Gasteiger partial charge in [0.15, 0.2) is 0 Å². The molecule has 1 saturated heterocycles. The van der Waals surface area contributed by atoms with Crippen LogP contribution in [0.3, 0.4) is 0 Å². The molecule has 0 bridgehead atoms. The highest BCUT2D eigenvalue weighted by Crippen LogP contribution is 2.23. The molecule has 0 spiro atoms. The molecule has 1 aliphatic rings. The highest BCUT2D eigenvalue weighted by Gasteiger charge is 2.30. The average Bonchev–Trinajstić information content (AvgIpc) is 2.65. The van der Waals surface area contributed by atoms with Gasteiger partial charge in [0, 0.05) is 5.69 Å². The van der Waals surface area contributed by atoms with Gasteiger partial charge in [-0.1, -0.05) is 11.6 Å². The maximum absolute atomic E-state index is 11.7. The number of imide groups is 1. The maximum atomic E-state index is 11.7. The molecule has 19 heavy (non-hydrogen) atoms. The van der Waals surface area contributed by atoms with E-state index >= 15 is 0 Å². The Morgan fingerprint density at radius 2 is 2.21 bits per heavy atom. The summed E-state index contributed by atoms with van der Waals surface area (Å²) in [5.74, 6) is -0.958. The average molecular weight is 283 g/mol. The topological polar surface area (TPSA) is 105 Å². The van der Waals surface area contributed by atoms with Crippen LogP contribution in [0.25, 0.3) is 0 Å². The van der Waals surface area contributed by atoms with Gasteiger partial charge >= 0.3 is 6.03 Å². The molecular formula is C11H11ClN4O3. The normalized spacial score (nSPS) is 14.5. The van der Waals surface area contributed by atoms with Gasteiger partial charge < -0.3 is 16.4 Å². The minimum Gasteiger partial charge on any atom is -0.399 e. The Labute approximate surface area is 113 Å². The number of halogens is 1. The van der Waals surface area contributed by atoms with Crippen LogP contribution in [-0.2, 0) is 9.59 Å². The van der Waals surface area contributed by atoms with Crippen LogP contribution < -0.4 is 16.4 Å². The van der Waals surface area contributed by atoms with Gasteiger partial charge in [0.25, 0.3) is 5.91 Å². The minimum atomic E-state index is -0.580. The summed E-state index contributed by atoms with van der Waals surface area (Å²) in [6.45, 7) is -0.444. The molecule has 1 aromatic carbocycles. The van der Waals surface area contributed by atoms with Crippen LogP contribution in [0.4, 0.5) is 16.2 Å². The third-order valence-electron chi connectivity index (χ3n) is 2.51. The number of nitrogens with one attached hydrogen (secondary N) is 2. The van der Waals surface area contributed by atoms with Crippen molar-refractivity contribution in [1.82, 2.24) is 10.2 Å². The lowest BCUT2D eigenvalue weighted by molar-refractivity contribution is -0.128. The van der Waals surface area contributed by atoms with Gasteiger partial charge in [-0.25, -0.2) is 4.79 Å². The van der Waals surface area contributed by atoms with E-state index in [0.29, 0.717) is 11.4 Å².